The van der Waals surface area contributed by atoms with Gasteiger partial charge in [-0.3, -0.25) is 0 Å². The second-order valence-electron chi connectivity index (χ2n) is 3.06. The molecule has 1 aromatic carbocycles. The van der Waals surface area contributed by atoms with Gasteiger partial charge in [-0.15, -0.1) is 5.10 Å². The van der Waals surface area contributed by atoms with Crippen LogP contribution in [0.1, 0.15) is 5.56 Å². The van der Waals surface area contributed by atoms with E-state index < -0.39 is 0 Å². The fourth-order valence-corrected chi connectivity index (χ4v) is 1.13. The van der Waals surface area contributed by atoms with E-state index in [-0.39, 0.29) is 0 Å². The Morgan fingerprint density at radius 3 is 2.62 bits per heavy atom. The van der Waals surface area contributed by atoms with Gasteiger partial charge in [-0.2, -0.15) is 5.11 Å². The number of hydrogen-bond acceptors (Lipinski definition) is 2. The SMILES string of the molecule is CN=N/N=C/C=C/C=C/Cc1ccccc1. The summed E-state index contributed by atoms with van der Waals surface area (Å²) in [5.41, 5.74) is 1.31. The third-order valence-electron chi connectivity index (χ3n) is 1.85. The van der Waals surface area contributed by atoms with Gasteiger partial charge in [0.05, 0.1) is 13.3 Å². The lowest BCUT2D eigenvalue weighted by atomic mass is 10.1. The van der Waals surface area contributed by atoms with Gasteiger partial charge in [-0.1, -0.05) is 48.6 Å². The van der Waals surface area contributed by atoms with Crippen molar-refractivity contribution in [2.75, 3.05) is 7.05 Å². The Morgan fingerprint density at radius 1 is 1.06 bits per heavy atom. The minimum atomic E-state index is 0.941. The molecule has 1 rings (SSSR count). The molecule has 0 aromatic heterocycles. The fraction of sp³-hybridized carbons (Fsp3) is 0.154. The van der Waals surface area contributed by atoms with Crippen LogP contribution in [-0.2, 0) is 6.42 Å². The number of benzene rings is 1. The van der Waals surface area contributed by atoms with Gasteiger partial charge in [0.1, 0.15) is 0 Å². The molecule has 0 unspecified atom stereocenters. The smallest absolute Gasteiger partial charge is 0.0513 e. The molecule has 0 heterocycles. The van der Waals surface area contributed by atoms with E-state index in [0.717, 1.165) is 6.42 Å². The summed E-state index contributed by atoms with van der Waals surface area (Å²) >= 11 is 0. The van der Waals surface area contributed by atoms with Gasteiger partial charge >= 0.3 is 0 Å². The van der Waals surface area contributed by atoms with Gasteiger partial charge in [-0.25, -0.2) is 0 Å². The maximum Gasteiger partial charge on any atom is 0.0513 e. The molecule has 1 aromatic rings. The van der Waals surface area contributed by atoms with E-state index in [1.54, 1.807) is 13.3 Å². The first-order chi connectivity index (χ1) is 7.93. The summed E-state index contributed by atoms with van der Waals surface area (Å²) in [5, 5.41) is 10.6. The first kappa shape index (κ1) is 12.0. The summed E-state index contributed by atoms with van der Waals surface area (Å²) < 4.78 is 0. The number of allylic oxidation sites excluding steroid dienone is 4. The zero-order chi connectivity index (χ0) is 11.5. The van der Waals surface area contributed by atoms with Crippen LogP contribution in [0.3, 0.4) is 0 Å². The highest BCUT2D eigenvalue weighted by molar-refractivity contribution is 5.71. The highest BCUT2D eigenvalue weighted by Crippen LogP contribution is 1.99. The lowest BCUT2D eigenvalue weighted by Crippen LogP contribution is -1.77. The van der Waals surface area contributed by atoms with E-state index in [2.05, 4.69) is 33.6 Å². The predicted molar refractivity (Wildman–Crippen MR) is 67.7 cm³/mol. The average Bonchev–Trinajstić information content (AvgIpc) is 2.34. The number of hydrogen-bond donors (Lipinski definition) is 0. The molecule has 3 nitrogen and oxygen atoms in total. The van der Waals surface area contributed by atoms with Gasteiger partial charge in [0.25, 0.3) is 0 Å². The van der Waals surface area contributed by atoms with E-state index in [4.69, 9.17) is 0 Å². The van der Waals surface area contributed by atoms with Crippen LogP contribution in [0, 0.1) is 0 Å². The maximum absolute atomic E-state index is 3.66. The first-order valence-electron chi connectivity index (χ1n) is 5.11. The molecular formula is C13H15N3. The Bertz CT molecular complexity index is 389. The molecule has 0 bridgehead atoms. The molecule has 0 radical (unpaired) electrons. The predicted octanol–water partition coefficient (Wildman–Crippen LogP) is 3.41. The van der Waals surface area contributed by atoms with E-state index in [0.29, 0.717) is 0 Å². The van der Waals surface area contributed by atoms with Crippen LogP contribution in [0.15, 0.2) is 70.1 Å². The Balaban J connectivity index is 2.28. The molecule has 82 valence electrons. The molecule has 0 N–H and O–H groups in total. The molecule has 0 spiro atoms. The summed E-state index contributed by atoms with van der Waals surface area (Å²) in [6.45, 7) is 0. The molecule has 0 amide bonds. The molecule has 0 saturated carbocycles. The van der Waals surface area contributed by atoms with E-state index >= 15 is 0 Å². The average molecular weight is 213 g/mol. The molecule has 0 saturated heterocycles. The normalized spacial score (nSPS) is 12.6. The fourth-order valence-electron chi connectivity index (χ4n) is 1.13. The van der Waals surface area contributed by atoms with Gasteiger partial charge in [0.15, 0.2) is 0 Å². The molecule has 0 aliphatic carbocycles. The van der Waals surface area contributed by atoms with Gasteiger partial charge < -0.3 is 0 Å². The third-order valence-corrected chi connectivity index (χ3v) is 1.85. The molecule has 0 atom stereocenters. The molecule has 0 fully saturated rings. The molecule has 3 heteroatoms. The lowest BCUT2D eigenvalue weighted by Gasteiger charge is -1.92. The van der Waals surface area contributed by atoms with E-state index in [1.165, 1.54) is 5.56 Å². The second-order valence-corrected chi connectivity index (χ2v) is 3.06. The van der Waals surface area contributed by atoms with Crippen LogP contribution in [0.4, 0.5) is 0 Å². The van der Waals surface area contributed by atoms with Crippen LogP contribution in [0.5, 0.6) is 0 Å². The maximum atomic E-state index is 3.66. The summed E-state index contributed by atoms with van der Waals surface area (Å²) in [4.78, 5) is 0. The van der Waals surface area contributed by atoms with Gasteiger partial charge in [0, 0.05) is 0 Å². The number of rotatable bonds is 5. The second kappa shape index (κ2) is 8.29. The van der Waals surface area contributed by atoms with Crippen molar-refractivity contribution >= 4 is 6.21 Å². The van der Waals surface area contributed by atoms with Gasteiger partial charge in [0.2, 0.25) is 0 Å². The van der Waals surface area contributed by atoms with Crippen LogP contribution < -0.4 is 0 Å². The largest absolute Gasteiger partial charge is 0.172 e. The van der Waals surface area contributed by atoms with Crippen LogP contribution in [0.25, 0.3) is 0 Å². The highest BCUT2D eigenvalue weighted by Gasteiger charge is 1.83. The quantitative estimate of drug-likeness (QED) is 0.311. The van der Waals surface area contributed by atoms with E-state index in [9.17, 15) is 0 Å². The monoisotopic (exact) mass is 213 g/mol. The van der Waals surface area contributed by atoms with Crippen LogP contribution in [0.2, 0.25) is 0 Å². The summed E-state index contributed by atoms with van der Waals surface area (Å²) in [6.07, 6.45) is 10.4. The summed E-state index contributed by atoms with van der Waals surface area (Å²) in [6, 6.07) is 10.3. The standard InChI is InChI=1S/C13H15N3/c1-14-16-15-12-8-3-2-5-9-13-10-6-4-7-11-13/h2-8,10-12H,9H2,1H3/b5-2+,8-3+,15-12+,16-14?. The zero-order valence-electron chi connectivity index (χ0n) is 9.32. The minimum Gasteiger partial charge on any atom is -0.172 e. The molecule has 16 heavy (non-hydrogen) atoms. The van der Waals surface area contributed by atoms with E-state index in [1.807, 2.05) is 36.4 Å². The lowest BCUT2D eigenvalue weighted by molar-refractivity contribution is 1.03. The van der Waals surface area contributed by atoms with Crippen molar-refractivity contribution in [2.24, 2.45) is 15.4 Å². The Labute approximate surface area is 95.9 Å². The van der Waals surface area contributed by atoms with Crippen molar-refractivity contribution in [3.05, 3.63) is 60.2 Å². The first-order valence-corrected chi connectivity index (χ1v) is 5.11. The third kappa shape index (κ3) is 5.65. The Kier molecular flexibility index (Phi) is 6.24. The van der Waals surface area contributed by atoms with Crippen LogP contribution in [-0.4, -0.2) is 13.3 Å². The minimum absolute atomic E-state index is 0.941. The van der Waals surface area contributed by atoms with Crippen molar-refractivity contribution in [3.8, 4) is 0 Å². The van der Waals surface area contributed by atoms with Crippen molar-refractivity contribution in [1.29, 1.82) is 0 Å². The molecule has 0 aliphatic heterocycles. The van der Waals surface area contributed by atoms with Crippen LogP contribution >= 0.6 is 0 Å². The van der Waals surface area contributed by atoms with Crippen molar-refractivity contribution in [3.63, 3.8) is 0 Å². The Hall–Kier alpha value is -2.03. The zero-order valence-corrected chi connectivity index (χ0v) is 9.32. The van der Waals surface area contributed by atoms with Crippen molar-refractivity contribution in [1.82, 2.24) is 0 Å². The van der Waals surface area contributed by atoms with Crippen molar-refractivity contribution in [2.45, 2.75) is 6.42 Å². The molecular weight excluding hydrogens is 198 g/mol. The summed E-state index contributed by atoms with van der Waals surface area (Å²) in [7, 11) is 1.58. The van der Waals surface area contributed by atoms with Gasteiger partial charge in [-0.05, 0) is 23.3 Å². The number of nitrogens with zero attached hydrogens (tertiary/aromatic N) is 3. The Morgan fingerprint density at radius 2 is 1.88 bits per heavy atom. The topological polar surface area (TPSA) is 37.1 Å². The summed E-state index contributed by atoms with van der Waals surface area (Å²) in [5.74, 6) is 0. The highest BCUT2D eigenvalue weighted by atomic mass is 15.3. The van der Waals surface area contributed by atoms with Crippen molar-refractivity contribution < 1.29 is 0 Å². The molecule has 0 aliphatic rings.